The van der Waals surface area contributed by atoms with Gasteiger partial charge in [-0.3, -0.25) is 4.79 Å². The highest BCUT2D eigenvalue weighted by Gasteiger charge is 2.25. The molecule has 0 heterocycles. The predicted molar refractivity (Wildman–Crippen MR) is 111 cm³/mol. The highest BCUT2D eigenvalue weighted by Crippen LogP contribution is 2.25. The van der Waals surface area contributed by atoms with Gasteiger partial charge in [0.2, 0.25) is 5.91 Å². The molecular formula is C22H34N2O4. The molecule has 28 heavy (non-hydrogen) atoms. The molecule has 0 bridgehead atoms. The van der Waals surface area contributed by atoms with Crippen LogP contribution in [0.25, 0.3) is 0 Å². The van der Waals surface area contributed by atoms with Crippen molar-refractivity contribution in [2.75, 3.05) is 5.32 Å². The molecule has 1 fully saturated rings. The number of ether oxygens (including phenoxy) is 2. The third-order valence-electron chi connectivity index (χ3n) is 4.88. The van der Waals surface area contributed by atoms with Crippen LogP contribution in [0.1, 0.15) is 66.7 Å². The van der Waals surface area contributed by atoms with E-state index < -0.39 is 5.60 Å². The summed E-state index contributed by atoms with van der Waals surface area (Å²) < 4.78 is 11.4. The van der Waals surface area contributed by atoms with Gasteiger partial charge in [-0.25, -0.2) is 4.79 Å². The van der Waals surface area contributed by atoms with Gasteiger partial charge in [0, 0.05) is 17.6 Å². The SMILES string of the molecule is CCC(C)C(=O)Nc1ccc(OC2CCC(NC(=O)OC(C)(C)C)CC2)cc1. The Balaban J connectivity index is 1.75. The number of benzene rings is 1. The van der Waals surface area contributed by atoms with Crippen LogP contribution in [-0.2, 0) is 9.53 Å². The lowest BCUT2D eigenvalue weighted by Gasteiger charge is -2.30. The lowest BCUT2D eigenvalue weighted by molar-refractivity contribution is -0.119. The minimum absolute atomic E-state index is 0.000371. The molecule has 1 unspecified atom stereocenters. The number of alkyl carbamates (subject to hydrolysis) is 1. The van der Waals surface area contributed by atoms with Crippen LogP contribution in [0.5, 0.6) is 5.75 Å². The number of carbonyl (C=O) groups excluding carboxylic acids is 2. The van der Waals surface area contributed by atoms with E-state index in [4.69, 9.17) is 9.47 Å². The normalized spacial score (nSPS) is 20.8. The van der Waals surface area contributed by atoms with Crippen molar-refractivity contribution in [1.82, 2.24) is 5.32 Å². The van der Waals surface area contributed by atoms with Gasteiger partial charge in [-0.2, -0.15) is 0 Å². The lowest BCUT2D eigenvalue weighted by atomic mass is 9.93. The average Bonchev–Trinajstić information content (AvgIpc) is 2.62. The molecule has 1 atom stereocenters. The quantitative estimate of drug-likeness (QED) is 0.725. The van der Waals surface area contributed by atoms with Crippen LogP contribution < -0.4 is 15.4 Å². The zero-order valence-corrected chi connectivity index (χ0v) is 17.7. The monoisotopic (exact) mass is 390 g/mol. The van der Waals surface area contributed by atoms with Crippen molar-refractivity contribution in [2.24, 2.45) is 5.92 Å². The van der Waals surface area contributed by atoms with Gasteiger partial charge in [-0.05, 0) is 77.1 Å². The Morgan fingerprint density at radius 1 is 1.11 bits per heavy atom. The van der Waals surface area contributed by atoms with Crippen molar-refractivity contribution >= 4 is 17.7 Å². The molecular weight excluding hydrogens is 356 g/mol. The van der Waals surface area contributed by atoms with Gasteiger partial charge in [0.05, 0.1) is 6.10 Å². The maximum absolute atomic E-state index is 11.9. The van der Waals surface area contributed by atoms with Gasteiger partial charge in [0.15, 0.2) is 0 Å². The molecule has 0 spiro atoms. The van der Waals surface area contributed by atoms with Crippen LogP contribution in [0.3, 0.4) is 0 Å². The fourth-order valence-electron chi connectivity index (χ4n) is 3.06. The van der Waals surface area contributed by atoms with Gasteiger partial charge in [0.25, 0.3) is 0 Å². The Labute approximate surface area is 168 Å². The number of carbonyl (C=O) groups is 2. The summed E-state index contributed by atoms with van der Waals surface area (Å²) in [5.41, 5.74) is 0.299. The van der Waals surface area contributed by atoms with E-state index in [0.29, 0.717) is 0 Å². The van der Waals surface area contributed by atoms with Crippen molar-refractivity contribution in [3.8, 4) is 5.75 Å². The smallest absolute Gasteiger partial charge is 0.407 e. The second-order valence-electron chi connectivity index (χ2n) is 8.56. The topological polar surface area (TPSA) is 76.7 Å². The molecule has 2 rings (SSSR count). The fourth-order valence-corrected chi connectivity index (χ4v) is 3.06. The van der Waals surface area contributed by atoms with Crippen LogP contribution >= 0.6 is 0 Å². The van der Waals surface area contributed by atoms with Crippen LogP contribution in [0.4, 0.5) is 10.5 Å². The molecule has 0 aromatic heterocycles. The van der Waals surface area contributed by atoms with E-state index in [2.05, 4.69) is 10.6 Å². The van der Waals surface area contributed by atoms with E-state index >= 15 is 0 Å². The summed E-state index contributed by atoms with van der Waals surface area (Å²) in [6.45, 7) is 9.50. The second-order valence-corrected chi connectivity index (χ2v) is 8.56. The number of hydrogen-bond donors (Lipinski definition) is 2. The minimum atomic E-state index is -0.482. The summed E-state index contributed by atoms with van der Waals surface area (Å²) in [7, 11) is 0. The number of hydrogen-bond acceptors (Lipinski definition) is 4. The van der Waals surface area contributed by atoms with Crippen molar-refractivity contribution in [3.05, 3.63) is 24.3 Å². The van der Waals surface area contributed by atoms with Gasteiger partial charge in [-0.15, -0.1) is 0 Å². The number of anilines is 1. The summed E-state index contributed by atoms with van der Waals surface area (Å²) >= 11 is 0. The molecule has 0 radical (unpaired) electrons. The third kappa shape index (κ3) is 7.41. The van der Waals surface area contributed by atoms with Crippen molar-refractivity contribution in [2.45, 2.75) is 84.5 Å². The lowest BCUT2D eigenvalue weighted by Crippen LogP contribution is -2.42. The number of amides is 2. The third-order valence-corrected chi connectivity index (χ3v) is 4.88. The fraction of sp³-hybridized carbons (Fsp3) is 0.636. The first-order valence-electron chi connectivity index (χ1n) is 10.2. The Morgan fingerprint density at radius 3 is 2.25 bits per heavy atom. The van der Waals surface area contributed by atoms with E-state index in [9.17, 15) is 9.59 Å². The molecule has 1 aromatic rings. The predicted octanol–water partition coefficient (Wildman–Crippen LogP) is 4.89. The standard InChI is InChI=1S/C22H34N2O4/c1-6-15(2)20(25)23-16-7-11-18(12-8-16)27-19-13-9-17(10-14-19)24-21(26)28-22(3,4)5/h7-8,11-12,15,17,19H,6,9-10,13-14H2,1-5H3,(H,23,25)(H,24,26). The van der Waals surface area contributed by atoms with Gasteiger partial charge >= 0.3 is 6.09 Å². The Bertz CT molecular complexity index is 643. The average molecular weight is 391 g/mol. The molecule has 6 nitrogen and oxygen atoms in total. The molecule has 1 aliphatic carbocycles. The second kappa shape index (κ2) is 9.80. The summed E-state index contributed by atoms with van der Waals surface area (Å²) in [4.78, 5) is 23.8. The summed E-state index contributed by atoms with van der Waals surface area (Å²) in [5.74, 6) is 0.831. The van der Waals surface area contributed by atoms with Crippen molar-refractivity contribution in [3.63, 3.8) is 0 Å². The molecule has 2 N–H and O–H groups in total. The molecule has 0 saturated heterocycles. The van der Waals surface area contributed by atoms with Crippen molar-refractivity contribution in [1.29, 1.82) is 0 Å². The number of nitrogens with one attached hydrogen (secondary N) is 2. The van der Waals surface area contributed by atoms with Gasteiger partial charge in [0.1, 0.15) is 11.4 Å². The van der Waals surface area contributed by atoms with Crippen molar-refractivity contribution < 1.29 is 19.1 Å². The summed E-state index contributed by atoms with van der Waals surface area (Å²) in [6, 6.07) is 7.64. The van der Waals surface area contributed by atoms with E-state index in [1.165, 1.54) is 0 Å². The Hall–Kier alpha value is -2.24. The highest BCUT2D eigenvalue weighted by atomic mass is 16.6. The molecule has 1 aliphatic rings. The zero-order valence-electron chi connectivity index (χ0n) is 17.7. The zero-order chi connectivity index (χ0) is 20.7. The minimum Gasteiger partial charge on any atom is -0.490 e. The van der Waals surface area contributed by atoms with Crippen LogP contribution in [0.15, 0.2) is 24.3 Å². The Kier molecular flexibility index (Phi) is 7.72. The summed E-state index contributed by atoms with van der Waals surface area (Å²) in [6.07, 6.45) is 4.10. The van der Waals surface area contributed by atoms with Crippen LogP contribution in [0.2, 0.25) is 0 Å². The molecule has 156 valence electrons. The maximum Gasteiger partial charge on any atom is 0.407 e. The first-order chi connectivity index (χ1) is 13.2. The van der Waals surface area contributed by atoms with Gasteiger partial charge < -0.3 is 20.1 Å². The first kappa shape index (κ1) is 22.1. The number of rotatable bonds is 6. The van der Waals surface area contributed by atoms with Crippen LogP contribution in [0, 0.1) is 5.92 Å². The molecule has 0 aliphatic heterocycles. The Morgan fingerprint density at radius 2 is 1.71 bits per heavy atom. The molecule has 6 heteroatoms. The molecule has 1 saturated carbocycles. The summed E-state index contributed by atoms with van der Waals surface area (Å²) in [5, 5.41) is 5.86. The first-order valence-corrected chi connectivity index (χ1v) is 10.2. The largest absolute Gasteiger partial charge is 0.490 e. The van der Waals surface area contributed by atoms with Gasteiger partial charge in [-0.1, -0.05) is 13.8 Å². The highest BCUT2D eigenvalue weighted by molar-refractivity contribution is 5.92. The molecule has 2 amide bonds. The van der Waals surface area contributed by atoms with E-state index in [1.54, 1.807) is 0 Å². The molecule has 1 aromatic carbocycles. The van der Waals surface area contributed by atoms with Crippen LogP contribution in [-0.4, -0.2) is 29.7 Å². The maximum atomic E-state index is 11.9. The van der Waals surface area contributed by atoms with E-state index in [1.807, 2.05) is 58.9 Å². The van der Waals surface area contributed by atoms with E-state index in [0.717, 1.165) is 43.5 Å². The van der Waals surface area contributed by atoms with E-state index in [-0.39, 0.29) is 30.1 Å².